The van der Waals surface area contributed by atoms with Crippen LogP contribution in [0.3, 0.4) is 0 Å². The Bertz CT molecular complexity index is 1770. The van der Waals surface area contributed by atoms with Crippen LogP contribution < -0.4 is 0 Å². The minimum absolute atomic E-state index is 0.352. The second kappa shape index (κ2) is 9.46. The van der Waals surface area contributed by atoms with Gasteiger partial charge < -0.3 is 15.3 Å². The number of fused-ring (bicyclic) bond motifs is 1. The van der Waals surface area contributed by atoms with Gasteiger partial charge in [0.1, 0.15) is 26.7 Å². The Balaban J connectivity index is 2.38. The van der Waals surface area contributed by atoms with Crippen LogP contribution in [-0.4, -0.2) is 59.2 Å². The Morgan fingerprint density at radius 1 is 0.892 bits per heavy atom. The summed E-state index contributed by atoms with van der Waals surface area (Å²) in [5.41, 5.74) is -3.73. The molecule has 0 aliphatic rings. The first-order chi connectivity index (χ1) is 17.1. The van der Waals surface area contributed by atoms with Crippen molar-refractivity contribution >= 4 is 59.7 Å². The zero-order valence-corrected chi connectivity index (χ0v) is 19.7. The number of nitrogens with zero attached hydrogens (tertiary/aromatic N) is 5. The van der Waals surface area contributed by atoms with Crippen LogP contribution >= 0.6 is 0 Å². The number of aromatic carboxylic acids is 1. The van der Waals surface area contributed by atoms with Gasteiger partial charge in [0.05, 0.1) is 16.0 Å². The molecule has 0 aliphatic heterocycles. The topological polar surface area (TPSA) is 279 Å². The fraction of sp³-hybridized carbons (Fsp3) is 0.0556. The number of nitro benzene ring substituents is 1. The average Bonchev–Trinajstić information content (AvgIpc) is 2.78. The van der Waals surface area contributed by atoms with Gasteiger partial charge in [-0.3, -0.25) is 19.2 Å². The molecule has 0 unspecified atom stereocenters. The van der Waals surface area contributed by atoms with Crippen molar-refractivity contribution in [2.45, 2.75) is 9.79 Å². The highest BCUT2D eigenvalue weighted by atomic mass is 32.2. The van der Waals surface area contributed by atoms with Gasteiger partial charge in [-0.05, 0) is 29.7 Å². The molecular formula is C18H13N5O12S2. The number of carboxylic acids is 1. The van der Waals surface area contributed by atoms with Crippen LogP contribution in [0.4, 0.5) is 22.7 Å². The summed E-state index contributed by atoms with van der Waals surface area (Å²) in [6.07, 6.45) is 0. The van der Waals surface area contributed by atoms with Crippen molar-refractivity contribution in [1.82, 2.24) is 0 Å². The molecule has 0 spiro atoms. The van der Waals surface area contributed by atoms with Crippen molar-refractivity contribution in [3.8, 4) is 11.5 Å². The van der Waals surface area contributed by atoms with Crippen molar-refractivity contribution in [3.63, 3.8) is 0 Å². The van der Waals surface area contributed by atoms with Crippen LogP contribution in [0.2, 0.25) is 0 Å². The van der Waals surface area contributed by atoms with Gasteiger partial charge in [-0.2, -0.15) is 32.2 Å². The van der Waals surface area contributed by atoms with Crippen molar-refractivity contribution in [2.24, 2.45) is 20.5 Å². The molecule has 0 amide bonds. The van der Waals surface area contributed by atoms with Gasteiger partial charge in [0.2, 0.25) is 0 Å². The molecule has 0 heterocycles. The van der Waals surface area contributed by atoms with E-state index in [9.17, 15) is 56.2 Å². The van der Waals surface area contributed by atoms with E-state index < -0.39 is 85.8 Å². The Kier molecular flexibility index (Phi) is 6.91. The van der Waals surface area contributed by atoms with Crippen LogP contribution in [0.5, 0.6) is 11.5 Å². The highest BCUT2D eigenvalue weighted by Gasteiger charge is 2.29. The second-order valence-corrected chi connectivity index (χ2v) is 9.74. The predicted octanol–water partition coefficient (Wildman–Crippen LogP) is 3.48. The first kappa shape index (κ1) is 27.0. The molecule has 5 N–H and O–H groups in total. The van der Waals surface area contributed by atoms with E-state index >= 15 is 0 Å². The molecule has 3 rings (SSSR count). The molecule has 0 bridgehead atoms. The third-order valence-corrected chi connectivity index (χ3v) is 6.41. The van der Waals surface area contributed by atoms with Gasteiger partial charge >= 0.3 is 5.97 Å². The zero-order chi connectivity index (χ0) is 27.9. The van der Waals surface area contributed by atoms with Crippen LogP contribution in [-0.2, 0) is 20.2 Å². The third kappa shape index (κ3) is 5.18. The van der Waals surface area contributed by atoms with Gasteiger partial charge in [0.25, 0.3) is 25.9 Å². The molecule has 0 saturated heterocycles. The van der Waals surface area contributed by atoms with Gasteiger partial charge in [0.15, 0.2) is 11.5 Å². The molecular weight excluding hydrogens is 542 g/mol. The molecule has 3 aromatic rings. The molecule has 3 aromatic carbocycles. The molecule has 37 heavy (non-hydrogen) atoms. The Hall–Kier alpha value is -4.59. The number of hydrogen-bond acceptors (Lipinski definition) is 13. The van der Waals surface area contributed by atoms with E-state index in [1.54, 1.807) is 0 Å². The number of aromatic hydroxyl groups is 2. The standard InChI is InChI=1S/C18H13N5O12S2/c1-19-21-14-11(36(30,31)32)4-7-5-12(37(33,34)35)15(17(25)13(7)16(14)24)22-20-8-2-3-10(23(28)29)9(6-8)18(26)27/h2-6,24-25H,1H3,(H,26,27)(H,30,31,32)(H,33,34,35). The molecule has 0 aliphatic carbocycles. The SMILES string of the molecule is CN=Nc1c(S(=O)(=O)O)cc2cc(S(=O)(=O)O)c(N=Nc3ccc([N+](=O)[O-])c(C(=O)O)c3)c(O)c2c1O. The van der Waals surface area contributed by atoms with E-state index in [0.29, 0.717) is 12.1 Å². The van der Waals surface area contributed by atoms with Crippen LogP contribution in [0.25, 0.3) is 10.8 Å². The molecule has 0 aromatic heterocycles. The van der Waals surface area contributed by atoms with Gasteiger partial charge in [-0.15, -0.1) is 5.11 Å². The minimum Gasteiger partial charge on any atom is -0.505 e. The summed E-state index contributed by atoms with van der Waals surface area (Å²) in [6.45, 7) is 0. The van der Waals surface area contributed by atoms with Gasteiger partial charge in [0, 0.05) is 13.1 Å². The maximum absolute atomic E-state index is 12.0. The molecule has 0 fully saturated rings. The number of carbonyl (C=O) groups is 1. The molecule has 0 atom stereocenters. The lowest BCUT2D eigenvalue weighted by atomic mass is 10.1. The number of carboxylic acid groups (broad SMARTS) is 1. The monoisotopic (exact) mass is 555 g/mol. The highest BCUT2D eigenvalue weighted by molar-refractivity contribution is 7.86. The lowest BCUT2D eigenvalue weighted by molar-refractivity contribution is -0.385. The third-order valence-electron chi connectivity index (χ3n) is 4.68. The second-order valence-electron chi connectivity index (χ2n) is 6.96. The summed E-state index contributed by atoms with van der Waals surface area (Å²) in [4.78, 5) is 19.2. The van der Waals surface area contributed by atoms with E-state index in [-0.39, 0.29) is 5.69 Å². The van der Waals surface area contributed by atoms with Gasteiger partial charge in [-0.25, -0.2) is 4.79 Å². The highest BCUT2D eigenvalue weighted by Crippen LogP contribution is 2.49. The van der Waals surface area contributed by atoms with Gasteiger partial charge in [-0.1, -0.05) is 0 Å². The number of nitro groups is 1. The summed E-state index contributed by atoms with van der Waals surface area (Å²) >= 11 is 0. The van der Waals surface area contributed by atoms with E-state index in [1.807, 2.05) is 0 Å². The molecule has 17 nitrogen and oxygen atoms in total. The van der Waals surface area contributed by atoms with Crippen LogP contribution in [0.15, 0.2) is 60.6 Å². The normalized spacial score (nSPS) is 12.5. The molecule has 0 radical (unpaired) electrons. The smallest absolute Gasteiger partial charge is 0.342 e. The Labute approximate surface area is 205 Å². The number of hydrogen-bond donors (Lipinski definition) is 5. The number of phenolic OH excluding ortho intramolecular Hbond substituents is 2. The van der Waals surface area contributed by atoms with Crippen molar-refractivity contribution in [2.75, 3.05) is 7.05 Å². The molecule has 194 valence electrons. The first-order valence-electron chi connectivity index (χ1n) is 9.31. The van der Waals surface area contributed by atoms with E-state index in [4.69, 9.17) is 0 Å². The van der Waals surface area contributed by atoms with E-state index in [2.05, 4.69) is 20.5 Å². The maximum atomic E-state index is 12.0. The summed E-state index contributed by atoms with van der Waals surface area (Å²) < 4.78 is 66.6. The fourth-order valence-electron chi connectivity index (χ4n) is 3.17. The molecule has 0 saturated carbocycles. The lowest BCUT2D eigenvalue weighted by Crippen LogP contribution is -2.02. The summed E-state index contributed by atoms with van der Waals surface area (Å²) in [6, 6.07) is 3.70. The Morgan fingerprint density at radius 3 is 1.84 bits per heavy atom. The summed E-state index contributed by atoms with van der Waals surface area (Å²) in [7, 11) is -9.17. The first-order valence-corrected chi connectivity index (χ1v) is 12.2. The zero-order valence-electron chi connectivity index (χ0n) is 18.0. The Morgan fingerprint density at radius 2 is 1.41 bits per heavy atom. The van der Waals surface area contributed by atoms with Crippen LogP contribution in [0, 0.1) is 10.1 Å². The number of benzene rings is 3. The van der Waals surface area contributed by atoms with Crippen LogP contribution in [0.1, 0.15) is 10.4 Å². The maximum Gasteiger partial charge on any atom is 0.342 e. The molecule has 19 heteroatoms. The van der Waals surface area contributed by atoms with Crippen molar-refractivity contribution in [3.05, 3.63) is 46.0 Å². The van der Waals surface area contributed by atoms with Crippen molar-refractivity contribution in [1.29, 1.82) is 0 Å². The fourth-order valence-corrected chi connectivity index (χ4v) is 4.49. The van der Waals surface area contributed by atoms with Crippen molar-refractivity contribution < 1.29 is 51.0 Å². The summed E-state index contributed by atoms with van der Waals surface area (Å²) in [5, 5.41) is 54.1. The van der Waals surface area contributed by atoms with E-state index in [1.165, 1.54) is 0 Å². The quantitative estimate of drug-likeness (QED) is 0.121. The predicted molar refractivity (Wildman–Crippen MR) is 122 cm³/mol. The number of rotatable bonds is 7. The van der Waals surface area contributed by atoms with E-state index in [0.717, 1.165) is 25.2 Å². The number of phenols is 2. The average molecular weight is 555 g/mol. The number of azo groups is 2. The summed E-state index contributed by atoms with van der Waals surface area (Å²) in [5.74, 6) is -3.91. The largest absolute Gasteiger partial charge is 0.505 e. The minimum atomic E-state index is -5.21. The lowest BCUT2D eigenvalue weighted by Gasteiger charge is -2.13.